The second-order valence-electron chi connectivity index (χ2n) is 5.53. The Morgan fingerprint density at radius 1 is 1.35 bits per heavy atom. The molecule has 1 N–H and O–H groups in total. The van der Waals surface area contributed by atoms with Gasteiger partial charge in [0, 0.05) is 18.4 Å². The van der Waals surface area contributed by atoms with Crippen LogP contribution in [-0.2, 0) is 18.3 Å². The minimum atomic E-state index is -0.0512. The maximum absolute atomic E-state index is 12.3. The first-order valence-corrected chi connectivity index (χ1v) is 8.16. The largest absolute Gasteiger partial charge is 0.497 e. The molecule has 1 aromatic carbocycles. The Kier molecular flexibility index (Phi) is 4.09. The molecular weight excluding hydrogens is 310 g/mol. The molecule has 0 saturated carbocycles. The maximum atomic E-state index is 12.3. The van der Waals surface area contributed by atoms with Gasteiger partial charge in [-0.15, -0.1) is 0 Å². The molecule has 0 bridgehead atoms. The van der Waals surface area contributed by atoms with Crippen LogP contribution >= 0.6 is 11.3 Å². The van der Waals surface area contributed by atoms with Gasteiger partial charge in [-0.1, -0.05) is 11.3 Å². The minimum absolute atomic E-state index is 0.0512. The average molecular weight is 329 g/mol. The first-order chi connectivity index (χ1) is 11.0. The summed E-state index contributed by atoms with van der Waals surface area (Å²) >= 11 is 1.45. The molecule has 120 valence electrons. The molecule has 6 heteroatoms. The lowest BCUT2D eigenvalue weighted by Crippen LogP contribution is -2.14. The van der Waals surface area contributed by atoms with E-state index in [-0.39, 0.29) is 5.91 Å². The zero-order valence-electron chi connectivity index (χ0n) is 13.6. The summed E-state index contributed by atoms with van der Waals surface area (Å²) in [7, 11) is 3.64. The number of ether oxygens (including phenoxy) is 1. The fourth-order valence-corrected chi connectivity index (χ4v) is 3.44. The smallest absolute Gasteiger partial charge is 0.230 e. The van der Waals surface area contributed by atoms with Gasteiger partial charge in [-0.2, -0.15) is 0 Å². The summed E-state index contributed by atoms with van der Waals surface area (Å²) < 4.78 is 8.29. The van der Waals surface area contributed by atoms with Crippen molar-refractivity contribution in [2.24, 2.45) is 7.05 Å². The first-order valence-electron chi connectivity index (χ1n) is 7.34. The lowest BCUT2D eigenvalue weighted by molar-refractivity contribution is -0.115. The first kappa shape index (κ1) is 15.6. The third kappa shape index (κ3) is 3.07. The molecule has 2 heterocycles. The van der Waals surface area contributed by atoms with Gasteiger partial charge >= 0.3 is 0 Å². The molecule has 23 heavy (non-hydrogen) atoms. The predicted octanol–water partition coefficient (Wildman–Crippen LogP) is 3.44. The second-order valence-corrected chi connectivity index (χ2v) is 6.56. The normalized spacial score (nSPS) is 11.0. The van der Waals surface area contributed by atoms with Crippen LogP contribution in [0.3, 0.4) is 0 Å². The van der Waals surface area contributed by atoms with Crippen molar-refractivity contribution >= 4 is 32.6 Å². The van der Waals surface area contributed by atoms with Crippen molar-refractivity contribution in [2.75, 3.05) is 12.4 Å². The van der Waals surface area contributed by atoms with Crippen molar-refractivity contribution in [3.05, 3.63) is 41.2 Å². The maximum Gasteiger partial charge on any atom is 0.230 e. The monoisotopic (exact) mass is 329 g/mol. The van der Waals surface area contributed by atoms with Gasteiger partial charge in [0.15, 0.2) is 5.13 Å². The van der Waals surface area contributed by atoms with Gasteiger partial charge in [-0.3, -0.25) is 4.79 Å². The van der Waals surface area contributed by atoms with Gasteiger partial charge in [0.2, 0.25) is 5.91 Å². The van der Waals surface area contributed by atoms with Crippen molar-refractivity contribution in [3.63, 3.8) is 0 Å². The van der Waals surface area contributed by atoms with Gasteiger partial charge in [0.25, 0.3) is 0 Å². The summed E-state index contributed by atoms with van der Waals surface area (Å²) in [6.45, 7) is 4.06. The highest BCUT2D eigenvalue weighted by Crippen LogP contribution is 2.29. The van der Waals surface area contributed by atoms with E-state index in [0.717, 1.165) is 32.9 Å². The van der Waals surface area contributed by atoms with E-state index in [9.17, 15) is 4.79 Å². The molecule has 3 rings (SSSR count). The third-order valence-electron chi connectivity index (χ3n) is 4.07. The van der Waals surface area contributed by atoms with E-state index in [4.69, 9.17) is 4.74 Å². The Morgan fingerprint density at radius 2 is 2.13 bits per heavy atom. The van der Waals surface area contributed by atoms with Crippen LogP contribution in [0, 0.1) is 13.8 Å². The average Bonchev–Trinajstić information content (AvgIpc) is 3.02. The SMILES string of the molecule is COc1ccc2nc(NC(=O)Cc3cc(C)n(C)c3C)sc2c1. The van der Waals surface area contributed by atoms with E-state index in [1.807, 2.05) is 39.1 Å². The molecule has 0 aliphatic rings. The predicted molar refractivity (Wildman–Crippen MR) is 93.4 cm³/mol. The number of methoxy groups -OCH3 is 1. The number of nitrogens with one attached hydrogen (secondary N) is 1. The van der Waals surface area contributed by atoms with Crippen LogP contribution in [0.15, 0.2) is 24.3 Å². The number of thiazole rings is 1. The number of rotatable bonds is 4. The molecule has 5 nitrogen and oxygen atoms in total. The summed E-state index contributed by atoms with van der Waals surface area (Å²) in [5, 5.41) is 3.51. The van der Waals surface area contributed by atoms with Gasteiger partial charge in [-0.05, 0) is 43.7 Å². The van der Waals surface area contributed by atoms with E-state index < -0.39 is 0 Å². The molecule has 1 amide bonds. The fraction of sp³-hybridized carbons (Fsp3) is 0.294. The Balaban J connectivity index is 1.76. The molecule has 0 unspecified atom stereocenters. The molecule has 0 saturated heterocycles. The lowest BCUT2D eigenvalue weighted by Gasteiger charge is -2.03. The van der Waals surface area contributed by atoms with Gasteiger partial charge in [0.1, 0.15) is 5.75 Å². The standard InChI is InChI=1S/C17H19N3O2S/c1-10-7-12(11(2)20(10)3)8-16(21)19-17-18-14-6-5-13(22-4)9-15(14)23-17/h5-7,9H,8H2,1-4H3,(H,18,19,21). The summed E-state index contributed by atoms with van der Waals surface area (Å²) in [6, 6.07) is 7.74. The summed E-state index contributed by atoms with van der Waals surface area (Å²) in [6.07, 6.45) is 0.354. The fourth-order valence-electron chi connectivity index (χ4n) is 2.53. The number of benzene rings is 1. The van der Waals surface area contributed by atoms with Crippen LogP contribution < -0.4 is 10.1 Å². The van der Waals surface area contributed by atoms with Crippen molar-refractivity contribution in [1.29, 1.82) is 0 Å². The zero-order valence-corrected chi connectivity index (χ0v) is 14.5. The van der Waals surface area contributed by atoms with Crippen LogP contribution in [0.5, 0.6) is 5.75 Å². The molecule has 0 radical (unpaired) electrons. The van der Waals surface area contributed by atoms with E-state index >= 15 is 0 Å². The van der Waals surface area contributed by atoms with Crippen LogP contribution in [-0.4, -0.2) is 22.6 Å². The molecule has 0 aliphatic carbocycles. The molecule has 0 spiro atoms. The lowest BCUT2D eigenvalue weighted by atomic mass is 10.2. The van der Waals surface area contributed by atoms with E-state index in [0.29, 0.717) is 11.6 Å². The third-order valence-corrected chi connectivity index (χ3v) is 5.01. The Labute approximate surface area is 138 Å². The summed E-state index contributed by atoms with van der Waals surface area (Å²) in [5.41, 5.74) is 4.17. The van der Waals surface area contributed by atoms with Crippen molar-refractivity contribution in [1.82, 2.24) is 9.55 Å². The number of amides is 1. The minimum Gasteiger partial charge on any atom is -0.497 e. The van der Waals surface area contributed by atoms with Gasteiger partial charge in [-0.25, -0.2) is 4.98 Å². The highest BCUT2D eigenvalue weighted by Gasteiger charge is 2.13. The molecule has 3 aromatic rings. The number of carbonyl (C=O) groups excluding carboxylic acids is 1. The van der Waals surface area contributed by atoms with Crippen LogP contribution in [0.25, 0.3) is 10.2 Å². The van der Waals surface area contributed by atoms with Crippen LogP contribution in [0.1, 0.15) is 17.0 Å². The molecule has 0 atom stereocenters. The molecule has 2 aromatic heterocycles. The highest BCUT2D eigenvalue weighted by atomic mass is 32.1. The van der Waals surface area contributed by atoms with E-state index in [1.54, 1.807) is 7.11 Å². The van der Waals surface area contributed by atoms with Crippen molar-refractivity contribution < 1.29 is 9.53 Å². The van der Waals surface area contributed by atoms with Crippen molar-refractivity contribution in [3.8, 4) is 5.75 Å². The van der Waals surface area contributed by atoms with Crippen molar-refractivity contribution in [2.45, 2.75) is 20.3 Å². The number of carbonyl (C=O) groups is 1. The highest BCUT2D eigenvalue weighted by molar-refractivity contribution is 7.22. The number of hydrogen-bond donors (Lipinski definition) is 1. The van der Waals surface area contributed by atoms with E-state index in [1.165, 1.54) is 11.3 Å². The summed E-state index contributed by atoms with van der Waals surface area (Å²) in [5.74, 6) is 0.735. The van der Waals surface area contributed by atoms with Crippen LogP contribution in [0.4, 0.5) is 5.13 Å². The number of fused-ring (bicyclic) bond motifs is 1. The van der Waals surface area contributed by atoms with Crippen LogP contribution in [0.2, 0.25) is 0 Å². The number of anilines is 1. The number of nitrogens with zero attached hydrogens (tertiary/aromatic N) is 2. The number of aromatic nitrogens is 2. The van der Waals surface area contributed by atoms with Gasteiger partial charge < -0.3 is 14.6 Å². The Morgan fingerprint density at radius 3 is 2.78 bits per heavy atom. The quantitative estimate of drug-likeness (QED) is 0.798. The van der Waals surface area contributed by atoms with E-state index in [2.05, 4.69) is 20.9 Å². The molecule has 0 aliphatic heterocycles. The molecule has 0 fully saturated rings. The molecular formula is C17H19N3O2S. The Hall–Kier alpha value is -2.34. The topological polar surface area (TPSA) is 56.1 Å². The zero-order chi connectivity index (χ0) is 16.6. The number of hydrogen-bond acceptors (Lipinski definition) is 4. The Bertz CT molecular complexity index is 879. The van der Waals surface area contributed by atoms with Gasteiger partial charge in [0.05, 0.1) is 23.7 Å². The number of aryl methyl sites for hydroxylation is 1. The summed E-state index contributed by atoms with van der Waals surface area (Å²) in [4.78, 5) is 16.7. The second kappa shape index (κ2) is 6.04.